The fourth-order valence-corrected chi connectivity index (χ4v) is 9.97. The van der Waals surface area contributed by atoms with Crippen LogP contribution in [0, 0.1) is 0 Å². The molecule has 0 aliphatic carbocycles. The largest absolute Gasteiger partial charge is 0.309 e. The number of nitrogens with zero attached hydrogens (tertiary/aromatic N) is 8. The molecule has 0 saturated heterocycles. The normalized spacial score (nSPS) is 13.1. The summed E-state index contributed by atoms with van der Waals surface area (Å²) in [6.07, 6.45) is 0. The quantitative estimate of drug-likeness (QED) is 0.151. The van der Waals surface area contributed by atoms with Crippen molar-refractivity contribution in [3.63, 3.8) is 0 Å². The average molecular weight is 1030 g/mol. The lowest BCUT2D eigenvalue weighted by Gasteiger charge is -2.13. The van der Waals surface area contributed by atoms with Crippen molar-refractivity contribution >= 4 is 66.8 Å². The smallest absolute Gasteiger partial charge is 0.226 e. The topological polar surface area (TPSA) is 87.2 Å². The van der Waals surface area contributed by atoms with Crippen LogP contribution in [0.2, 0.25) is 10.6 Å². The molecule has 0 aliphatic heterocycles. The fourth-order valence-electron chi connectivity index (χ4n) is 9.65. The van der Waals surface area contributed by atoms with E-state index in [2.05, 4.69) is 163 Å². The summed E-state index contributed by atoms with van der Waals surface area (Å²) < 4.78 is 86.0. The monoisotopic (exact) mass is 1030 g/mol. The van der Waals surface area contributed by atoms with Gasteiger partial charge in [0.05, 0.1) is 35.8 Å². The van der Waals surface area contributed by atoms with Crippen LogP contribution in [0.3, 0.4) is 0 Å². The van der Waals surface area contributed by atoms with Crippen molar-refractivity contribution in [1.29, 1.82) is 0 Å². The van der Waals surface area contributed by atoms with Crippen LogP contribution in [0.25, 0.3) is 123 Å². The molecule has 0 bridgehead atoms. The Balaban J connectivity index is 0.000000160. The maximum Gasteiger partial charge on any atom is 0.226 e. The van der Waals surface area contributed by atoms with Crippen LogP contribution in [0.5, 0.6) is 0 Å². The Kier molecular flexibility index (Phi) is 9.57. The standard InChI is InChI=1S/C39H25ClN4.C27H17ClN4/c40-39-42-37(30-24-28(26-13-4-1-5-14-26)23-29(25-30)27-15-6-2-7-16-27)41-38(43-39)34-21-12-20-33-32-19-10-11-22-35(32)44(36(33)34)31-17-8-3-9-18-31;28-27-30-25(18-9-3-1-4-10-18)29-26(31-27)19-15-16-22-21-13-7-8-14-23(21)32(24(22)17-19)20-11-5-2-6-12-20/h1-25H;1-17H/i;1D,2D,3D,4D,5D,6D,9D,10D,11D,12D. The zero-order chi connectivity index (χ0) is 59.7. The van der Waals surface area contributed by atoms with Crippen LogP contribution in [-0.4, -0.2) is 39.0 Å². The summed E-state index contributed by atoms with van der Waals surface area (Å²) in [7, 11) is 0. The molecule has 0 atom stereocenters. The SMILES string of the molecule is Clc1nc(-c2cc(-c3ccccc3)cc(-c3ccccc3)c2)nc(-c2cccc3c4ccccc4n(-c4ccccc4)c23)n1.[2H]c1c([2H])c([2H])c(-c2nc(Cl)nc(-c3ccc4c5ccccc5n(-c5c([2H])c([2H])c([2H])c([2H])c5[2H])c4c3)n2)c([2H])c1[2H]. The van der Waals surface area contributed by atoms with Gasteiger partial charge < -0.3 is 9.13 Å². The number of halogens is 2. The van der Waals surface area contributed by atoms with Crippen LogP contribution >= 0.6 is 23.2 Å². The van der Waals surface area contributed by atoms with E-state index >= 15 is 0 Å². The molecule has 0 fully saturated rings. The van der Waals surface area contributed by atoms with Gasteiger partial charge >= 0.3 is 0 Å². The first-order chi connectivity index (χ1) is 41.6. The summed E-state index contributed by atoms with van der Waals surface area (Å²) >= 11 is 12.9. The number of fused-ring (bicyclic) bond motifs is 6. The highest BCUT2D eigenvalue weighted by Crippen LogP contribution is 2.39. The summed E-state index contributed by atoms with van der Waals surface area (Å²) in [4.78, 5) is 27.0. The summed E-state index contributed by atoms with van der Waals surface area (Å²) in [6.45, 7) is 0. The molecule has 0 spiro atoms. The molecule has 14 aromatic rings. The molecule has 14 rings (SSSR count). The molecule has 0 radical (unpaired) electrons. The Morgan fingerprint density at radius 2 is 0.776 bits per heavy atom. The van der Waals surface area contributed by atoms with Crippen LogP contribution in [0.4, 0.5) is 0 Å². The lowest BCUT2D eigenvalue weighted by molar-refractivity contribution is 1.06. The highest BCUT2D eigenvalue weighted by Gasteiger charge is 2.21. The molecule has 360 valence electrons. The summed E-state index contributed by atoms with van der Waals surface area (Å²) in [6, 6.07) is 59.9. The first-order valence-corrected chi connectivity index (χ1v) is 24.8. The van der Waals surface area contributed by atoms with E-state index in [9.17, 15) is 0 Å². The lowest BCUT2D eigenvalue weighted by Crippen LogP contribution is -2.00. The Labute approximate surface area is 461 Å². The van der Waals surface area contributed by atoms with E-state index in [1.807, 2.05) is 30.3 Å². The van der Waals surface area contributed by atoms with E-state index in [1.165, 1.54) is 0 Å². The fraction of sp³-hybridized carbons (Fsp3) is 0. The molecule has 10 heteroatoms. The third-order valence-corrected chi connectivity index (χ3v) is 13.3. The summed E-state index contributed by atoms with van der Waals surface area (Å²) in [5, 5.41) is 3.67. The van der Waals surface area contributed by atoms with Crippen molar-refractivity contribution in [2.24, 2.45) is 0 Å². The van der Waals surface area contributed by atoms with Crippen LogP contribution in [0.15, 0.2) is 255 Å². The average Bonchev–Trinajstić information content (AvgIpc) is 1.87. The molecule has 0 aliphatic rings. The molecule has 10 aromatic carbocycles. The van der Waals surface area contributed by atoms with Crippen LogP contribution in [0.1, 0.15) is 13.7 Å². The Morgan fingerprint density at radius 3 is 1.42 bits per heavy atom. The zero-order valence-electron chi connectivity index (χ0n) is 49.8. The Hall–Kier alpha value is -9.60. The van der Waals surface area contributed by atoms with Gasteiger partial charge in [-0.2, -0.15) is 19.9 Å². The van der Waals surface area contributed by atoms with E-state index in [4.69, 9.17) is 41.9 Å². The second-order valence-electron chi connectivity index (χ2n) is 17.5. The summed E-state index contributed by atoms with van der Waals surface area (Å²) in [5.41, 5.74) is 10.6. The molecular weight excluding hydrogens is 976 g/mol. The summed E-state index contributed by atoms with van der Waals surface area (Å²) in [5.74, 6) is 0.871. The van der Waals surface area contributed by atoms with E-state index in [0.717, 1.165) is 71.6 Å². The second-order valence-corrected chi connectivity index (χ2v) is 18.2. The van der Waals surface area contributed by atoms with Gasteiger partial charge in [0.2, 0.25) is 10.6 Å². The number of rotatable bonds is 8. The minimum absolute atomic E-state index is 0.0298. The van der Waals surface area contributed by atoms with Crippen molar-refractivity contribution in [1.82, 2.24) is 39.0 Å². The highest BCUT2D eigenvalue weighted by molar-refractivity contribution is 6.28. The Morgan fingerprint density at radius 1 is 0.303 bits per heavy atom. The number of benzene rings is 10. The van der Waals surface area contributed by atoms with Gasteiger partial charge in [-0.1, -0.05) is 188 Å². The van der Waals surface area contributed by atoms with E-state index in [1.54, 1.807) is 34.9 Å². The molecule has 0 saturated carbocycles. The molecule has 0 unspecified atom stereocenters. The van der Waals surface area contributed by atoms with Gasteiger partial charge in [-0.05, 0) is 112 Å². The van der Waals surface area contributed by atoms with E-state index < -0.39 is 48.3 Å². The predicted octanol–water partition coefficient (Wildman–Crippen LogP) is 17.2. The molecule has 8 nitrogen and oxygen atoms in total. The third-order valence-electron chi connectivity index (χ3n) is 12.9. The first kappa shape index (κ1) is 36.3. The molecule has 0 amide bonds. The van der Waals surface area contributed by atoms with Crippen molar-refractivity contribution < 1.29 is 13.7 Å². The van der Waals surface area contributed by atoms with Gasteiger partial charge in [-0.15, -0.1) is 0 Å². The van der Waals surface area contributed by atoms with Crippen molar-refractivity contribution in [2.75, 3.05) is 0 Å². The van der Waals surface area contributed by atoms with Crippen molar-refractivity contribution in [3.05, 3.63) is 265 Å². The maximum atomic E-state index is 8.60. The zero-order valence-corrected chi connectivity index (χ0v) is 41.3. The third kappa shape index (κ3) is 8.81. The molecule has 4 heterocycles. The minimum Gasteiger partial charge on any atom is -0.309 e. The first-order valence-electron chi connectivity index (χ1n) is 29.0. The molecule has 4 aromatic heterocycles. The van der Waals surface area contributed by atoms with Crippen LogP contribution < -0.4 is 0 Å². The second kappa shape index (κ2) is 20.0. The van der Waals surface area contributed by atoms with Gasteiger partial charge in [-0.3, -0.25) is 0 Å². The number of hydrogen-bond donors (Lipinski definition) is 0. The van der Waals surface area contributed by atoms with Gasteiger partial charge in [0.25, 0.3) is 0 Å². The van der Waals surface area contributed by atoms with Crippen molar-refractivity contribution in [2.45, 2.75) is 0 Å². The molecular formula is C66H42Cl2N8. The van der Waals surface area contributed by atoms with Crippen LogP contribution in [-0.2, 0) is 0 Å². The number of aromatic nitrogens is 8. The number of hydrogen-bond acceptors (Lipinski definition) is 6. The predicted molar refractivity (Wildman–Crippen MR) is 311 cm³/mol. The maximum absolute atomic E-state index is 8.60. The molecule has 76 heavy (non-hydrogen) atoms. The van der Waals surface area contributed by atoms with Crippen molar-refractivity contribution in [3.8, 4) is 79.2 Å². The lowest BCUT2D eigenvalue weighted by atomic mass is 9.96. The molecule has 0 N–H and O–H groups in total. The van der Waals surface area contributed by atoms with Gasteiger partial charge in [0.1, 0.15) is 0 Å². The number of para-hydroxylation sites is 5. The van der Waals surface area contributed by atoms with E-state index in [0.29, 0.717) is 28.2 Å². The van der Waals surface area contributed by atoms with E-state index in [-0.39, 0.29) is 45.6 Å². The highest BCUT2D eigenvalue weighted by atomic mass is 35.5. The van der Waals surface area contributed by atoms with Gasteiger partial charge in [0.15, 0.2) is 23.3 Å². The van der Waals surface area contributed by atoms with Gasteiger partial charge in [0, 0.05) is 55.2 Å². The van der Waals surface area contributed by atoms with Gasteiger partial charge in [-0.25, -0.2) is 9.97 Å². The Bertz CT molecular complexity index is 4930. The minimum atomic E-state index is -0.556.